The van der Waals surface area contributed by atoms with Crippen molar-refractivity contribution in [2.45, 2.75) is 59.5 Å². The quantitative estimate of drug-likeness (QED) is 0.793. The fourth-order valence-corrected chi connectivity index (χ4v) is 3.00. The monoisotopic (exact) mass is 226 g/mol. The number of hydrogen-bond acceptors (Lipinski definition) is 2. The molecule has 0 aliphatic carbocycles. The summed E-state index contributed by atoms with van der Waals surface area (Å²) in [6.07, 6.45) is 2.64. The molecule has 2 nitrogen and oxygen atoms in total. The van der Waals surface area contributed by atoms with Gasteiger partial charge in [-0.05, 0) is 44.7 Å². The topological polar surface area (TPSA) is 15.3 Å². The first kappa shape index (κ1) is 14.0. The molecular formula is C14H30N2. The van der Waals surface area contributed by atoms with E-state index >= 15 is 0 Å². The number of rotatable bonds is 4. The second-order valence-electron chi connectivity index (χ2n) is 6.68. The summed E-state index contributed by atoms with van der Waals surface area (Å²) in [5, 5.41) is 3.47. The van der Waals surface area contributed by atoms with Gasteiger partial charge < -0.3 is 10.2 Å². The molecule has 3 atom stereocenters. The fraction of sp³-hybridized carbons (Fsp3) is 1.00. The molecule has 0 spiro atoms. The van der Waals surface area contributed by atoms with E-state index < -0.39 is 0 Å². The first-order chi connectivity index (χ1) is 7.34. The average molecular weight is 226 g/mol. The Hall–Kier alpha value is -0.0800. The smallest absolute Gasteiger partial charge is 0.0125 e. The van der Waals surface area contributed by atoms with Gasteiger partial charge in [0.05, 0.1) is 0 Å². The minimum atomic E-state index is 0.364. The summed E-state index contributed by atoms with van der Waals surface area (Å²) >= 11 is 0. The molecule has 2 heteroatoms. The minimum Gasteiger partial charge on any atom is -0.316 e. The van der Waals surface area contributed by atoms with Gasteiger partial charge in [0.2, 0.25) is 0 Å². The van der Waals surface area contributed by atoms with E-state index in [0.29, 0.717) is 11.5 Å². The van der Waals surface area contributed by atoms with Crippen LogP contribution in [0.3, 0.4) is 0 Å². The maximum absolute atomic E-state index is 3.47. The molecule has 0 aromatic carbocycles. The molecule has 0 bridgehead atoms. The normalized spacial score (nSPS) is 29.6. The first-order valence-electron chi connectivity index (χ1n) is 6.76. The van der Waals surface area contributed by atoms with Gasteiger partial charge in [0, 0.05) is 18.6 Å². The molecule has 1 aliphatic rings. The summed E-state index contributed by atoms with van der Waals surface area (Å²) in [6, 6.07) is 1.41. The van der Waals surface area contributed by atoms with Crippen molar-refractivity contribution >= 4 is 0 Å². The van der Waals surface area contributed by atoms with Crippen LogP contribution in [-0.2, 0) is 0 Å². The van der Waals surface area contributed by atoms with Gasteiger partial charge in [-0.25, -0.2) is 0 Å². The molecule has 1 rings (SSSR count). The zero-order valence-electron chi connectivity index (χ0n) is 12.0. The van der Waals surface area contributed by atoms with Crippen molar-refractivity contribution in [1.82, 2.24) is 10.2 Å². The van der Waals surface area contributed by atoms with Gasteiger partial charge in [-0.2, -0.15) is 0 Å². The van der Waals surface area contributed by atoms with Crippen LogP contribution in [0.4, 0.5) is 0 Å². The van der Waals surface area contributed by atoms with E-state index in [1.54, 1.807) is 0 Å². The summed E-state index contributed by atoms with van der Waals surface area (Å²) in [5.74, 6) is 0.887. The van der Waals surface area contributed by atoms with Gasteiger partial charge in [0.25, 0.3) is 0 Å². The van der Waals surface area contributed by atoms with Gasteiger partial charge in [0.15, 0.2) is 0 Å². The maximum Gasteiger partial charge on any atom is 0.0125 e. The Labute approximate surface area is 102 Å². The lowest BCUT2D eigenvalue weighted by Crippen LogP contribution is -2.41. The van der Waals surface area contributed by atoms with Gasteiger partial charge in [-0.1, -0.05) is 27.7 Å². The third-order valence-corrected chi connectivity index (χ3v) is 4.01. The lowest BCUT2D eigenvalue weighted by Gasteiger charge is -2.32. The summed E-state index contributed by atoms with van der Waals surface area (Å²) in [6.45, 7) is 14.2. The highest BCUT2D eigenvalue weighted by atomic mass is 15.2. The zero-order valence-corrected chi connectivity index (χ0v) is 12.0. The largest absolute Gasteiger partial charge is 0.316 e. The van der Waals surface area contributed by atoms with Crippen LogP contribution in [0.1, 0.15) is 47.5 Å². The van der Waals surface area contributed by atoms with E-state index in [0.717, 1.165) is 12.0 Å². The van der Waals surface area contributed by atoms with Gasteiger partial charge in [-0.15, -0.1) is 0 Å². The molecule has 0 radical (unpaired) electrons. The van der Waals surface area contributed by atoms with E-state index in [4.69, 9.17) is 0 Å². The second-order valence-corrected chi connectivity index (χ2v) is 6.68. The Morgan fingerprint density at radius 1 is 1.31 bits per heavy atom. The average Bonchev–Trinajstić information content (AvgIpc) is 2.44. The number of nitrogens with one attached hydrogen (secondary N) is 1. The highest BCUT2D eigenvalue weighted by Gasteiger charge is 2.28. The molecular weight excluding hydrogens is 196 g/mol. The van der Waals surface area contributed by atoms with E-state index in [1.807, 2.05) is 0 Å². The van der Waals surface area contributed by atoms with Crippen molar-refractivity contribution in [3.63, 3.8) is 0 Å². The molecule has 1 N–H and O–H groups in total. The second kappa shape index (κ2) is 5.50. The molecule has 0 aromatic rings. The Morgan fingerprint density at radius 3 is 2.31 bits per heavy atom. The number of likely N-dealkylation sites (tertiary alicyclic amines) is 1. The SMILES string of the molecule is CNC(CCN1CC(C)CC1C)C(C)(C)C. The summed E-state index contributed by atoms with van der Waals surface area (Å²) in [7, 11) is 2.09. The predicted molar refractivity (Wildman–Crippen MR) is 71.7 cm³/mol. The molecule has 0 aromatic heterocycles. The highest BCUT2D eigenvalue weighted by Crippen LogP contribution is 2.25. The van der Waals surface area contributed by atoms with Crippen LogP contribution in [0.15, 0.2) is 0 Å². The molecule has 1 heterocycles. The van der Waals surface area contributed by atoms with Crippen LogP contribution in [-0.4, -0.2) is 37.1 Å². The van der Waals surface area contributed by atoms with Crippen LogP contribution >= 0.6 is 0 Å². The molecule has 1 aliphatic heterocycles. The lowest BCUT2D eigenvalue weighted by molar-refractivity contribution is 0.205. The molecule has 0 saturated carbocycles. The van der Waals surface area contributed by atoms with Crippen molar-refractivity contribution in [1.29, 1.82) is 0 Å². The van der Waals surface area contributed by atoms with Crippen molar-refractivity contribution in [3.05, 3.63) is 0 Å². The van der Waals surface area contributed by atoms with Crippen LogP contribution in [0.2, 0.25) is 0 Å². The molecule has 96 valence electrons. The van der Waals surface area contributed by atoms with Crippen LogP contribution in [0.25, 0.3) is 0 Å². The molecule has 0 amide bonds. The Kier molecular flexibility index (Phi) is 4.81. The first-order valence-corrected chi connectivity index (χ1v) is 6.76. The molecule has 1 saturated heterocycles. The van der Waals surface area contributed by atoms with E-state index in [9.17, 15) is 0 Å². The van der Waals surface area contributed by atoms with Gasteiger partial charge in [0.1, 0.15) is 0 Å². The van der Waals surface area contributed by atoms with Gasteiger partial charge in [-0.3, -0.25) is 0 Å². The zero-order chi connectivity index (χ0) is 12.3. The van der Waals surface area contributed by atoms with Crippen molar-refractivity contribution in [2.75, 3.05) is 20.1 Å². The van der Waals surface area contributed by atoms with Crippen molar-refractivity contribution < 1.29 is 0 Å². The summed E-state index contributed by atoms with van der Waals surface area (Å²) in [4.78, 5) is 2.65. The Morgan fingerprint density at radius 2 is 1.94 bits per heavy atom. The van der Waals surface area contributed by atoms with Gasteiger partial charge >= 0.3 is 0 Å². The van der Waals surface area contributed by atoms with E-state index in [1.165, 1.54) is 25.9 Å². The van der Waals surface area contributed by atoms with Crippen LogP contribution in [0.5, 0.6) is 0 Å². The van der Waals surface area contributed by atoms with Crippen LogP contribution < -0.4 is 5.32 Å². The van der Waals surface area contributed by atoms with Crippen molar-refractivity contribution in [2.24, 2.45) is 11.3 Å². The molecule has 3 unspecified atom stereocenters. The number of hydrogen-bond donors (Lipinski definition) is 1. The molecule has 16 heavy (non-hydrogen) atoms. The third kappa shape index (κ3) is 3.74. The predicted octanol–water partition coefficient (Wildman–Crippen LogP) is 2.74. The maximum atomic E-state index is 3.47. The number of nitrogens with zero attached hydrogens (tertiary/aromatic N) is 1. The van der Waals surface area contributed by atoms with E-state index in [2.05, 4.69) is 51.9 Å². The van der Waals surface area contributed by atoms with Crippen molar-refractivity contribution in [3.8, 4) is 0 Å². The minimum absolute atomic E-state index is 0.364. The highest BCUT2D eigenvalue weighted by molar-refractivity contribution is 4.84. The van der Waals surface area contributed by atoms with E-state index in [-0.39, 0.29) is 0 Å². The lowest BCUT2D eigenvalue weighted by atomic mass is 9.85. The summed E-state index contributed by atoms with van der Waals surface area (Å²) < 4.78 is 0. The Bertz CT molecular complexity index is 207. The molecule has 1 fully saturated rings. The summed E-state index contributed by atoms with van der Waals surface area (Å²) in [5.41, 5.74) is 0.364. The van der Waals surface area contributed by atoms with Crippen LogP contribution in [0, 0.1) is 11.3 Å². The third-order valence-electron chi connectivity index (χ3n) is 4.01. The Balaban J connectivity index is 2.38. The fourth-order valence-electron chi connectivity index (χ4n) is 3.00. The standard InChI is InChI=1S/C14H30N2/c1-11-9-12(2)16(10-11)8-7-13(15-6)14(3,4)5/h11-13,15H,7-10H2,1-6H3.